The molecule has 3 heteroatoms. The highest BCUT2D eigenvalue weighted by Gasteiger charge is 2.31. The summed E-state index contributed by atoms with van der Waals surface area (Å²) in [5.74, 6) is 6.33. The third-order valence-corrected chi connectivity index (χ3v) is 7.95. The number of carbonyl (C=O) groups excluding carboxylic acids is 1. The van der Waals surface area contributed by atoms with Crippen molar-refractivity contribution in [3.63, 3.8) is 0 Å². The van der Waals surface area contributed by atoms with Gasteiger partial charge in [0.2, 0.25) is 0 Å². The predicted octanol–water partition coefficient (Wildman–Crippen LogP) is 7.65. The van der Waals surface area contributed by atoms with Gasteiger partial charge in [-0.1, -0.05) is 94.1 Å². The van der Waals surface area contributed by atoms with Crippen LogP contribution in [0.3, 0.4) is 0 Å². The molecule has 0 aromatic heterocycles. The molecule has 3 aromatic rings. The van der Waals surface area contributed by atoms with E-state index in [0.717, 1.165) is 35.1 Å². The van der Waals surface area contributed by atoms with Gasteiger partial charge in [-0.25, -0.2) is 0 Å². The summed E-state index contributed by atoms with van der Waals surface area (Å²) in [6.07, 6.45) is 3.22. The molecule has 3 rings (SSSR count). The minimum Gasteiger partial charge on any atom is -0.463 e. The average Bonchev–Trinajstić information content (AvgIpc) is 2.92. The van der Waals surface area contributed by atoms with Gasteiger partial charge in [-0.2, -0.15) is 0 Å². The Hall–Kier alpha value is -3.35. The molecule has 0 saturated heterocycles. The minimum absolute atomic E-state index is 0.0936. The summed E-state index contributed by atoms with van der Waals surface area (Å²) in [7, 11) is 0. The molecule has 194 valence electrons. The van der Waals surface area contributed by atoms with Gasteiger partial charge in [-0.3, -0.25) is 4.79 Å². The summed E-state index contributed by atoms with van der Waals surface area (Å²) in [6, 6.07) is 21.6. The molecule has 0 saturated carbocycles. The van der Waals surface area contributed by atoms with Crippen molar-refractivity contribution in [2.75, 3.05) is 0 Å². The first-order valence-electron chi connectivity index (χ1n) is 13.4. The SMILES string of the molecule is CCC(O)(C#Cc1ccc(C(CC)(CC)c2ccc(-c3ccc(COC=O)cc3)c(C)c2)cc1C)CC. The first kappa shape index (κ1) is 28.2. The number of hydrogen-bond donors (Lipinski definition) is 1. The van der Waals surface area contributed by atoms with Crippen LogP contribution in [0, 0.1) is 25.7 Å². The molecule has 0 aliphatic heterocycles. The van der Waals surface area contributed by atoms with Crippen LogP contribution in [0.25, 0.3) is 11.1 Å². The maximum absolute atomic E-state index is 10.6. The van der Waals surface area contributed by atoms with Gasteiger partial charge in [0.05, 0.1) is 0 Å². The Bertz CT molecular complexity index is 1270. The van der Waals surface area contributed by atoms with Crippen molar-refractivity contribution in [1.82, 2.24) is 0 Å². The van der Waals surface area contributed by atoms with Crippen LogP contribution >= 0.6 is 0 Å². The fraction of sp³-hybridized carbons (Fsp3) is 0.382. The molecule has 0 aliphatic rings. The molecule has 0 atom stereocenters. The highest BCUT2D eigenvalue weighted by molar-refractivity contribution is 5.68. The van der Waals surface area contributed by atoms with Crippen LogP contribution in [0.5, 0.6) is 0 Å². The Balaban J connectivity index is 1.97. The van der Waals surface area contributed by atoms with Crippen molar-refractivity contribution in [2.45, 2.75) is 84.8 Å². The number of benzene rings is 3. The third kappa shape index (κ3) is 6.14. The van der Waals surface area contributed by atoms with E-state index in [-0.39, 0.29) is 5.41 Å². The van der Waals surface area contributed by atoms with Crippen molar-refractivity contribution >= 4 is 6.47 Å². The highest BCUT2D eigenvalue weighted by atomic mass is 16.5. The first-order chi connectivity index (χ1) is 17.8. The molecule has 37 heavy (non-hydrogen) atoms. The molecule has 0 bridgehead atoms. The molecule has 3 aromatic carbocycles. The van der Waals surface area contributed by atoms with Crippen LogP contribution in [0.2, 0.25) is 0 Å². The van der Waals surface area contributed by atoms with Gasteiger partial charge < -0.3 is 9.84 Å². The Morgan fingerprint density at radius 3 is 1.92 bits per heavy atom. The number of hydrogen-bond acceptors (Lipinski definition) is 3. The van der Waals surface area contributed by atoms with E-state index in [1.807, 2.05) is 26.0 Å². The monoisotopic (exact) mass is 496 g/mol. The standard InChI is InChI=1S/C34H40O3/c1-7-33(36,8-2)20-19-28-15-16-30(21-25(28)5)34(9-3,10-4)31-17-18-32(26(6)22-31)29-13-11-27(12-14-29)23-37-24-35/h11-18,21-22,24,36H,7-10,23H2,1-6H3. The summed E-state index contributed by atoms with van der Waals surface area (Å²) in [5, 5.41) is 10.6. The average molecular weight is 497 g/mol. The smallest absolute Gasteiger partial charge is 0.293 e. The highest BCUT2D eigenvalue weighted by Crippen LogP contribution is 2.41. The molecule has 0 unspecified atom stereocenters. The fourth-order valence-electron chi connectivity index (χ4n) is 5.14. The molecule has 0 heterocycles. The van der Waals surface area contributed by atoms with Crippen molar-refractivity contribution in [3.8, 4) is 23.0 Å². The lowest BCUT2D eigenvalue weighted by Gasteiger charge is -2.34. The van der Waals surface area contributed by atoms with E-state index in [1.54, 1.807) is 0 Å². The quantitative estimate of drug-likeness (QED) is 0.232. The summed E-state index contributed by atoms with van der Waals surface area (Å²) in [5.41, 5.74) is 8.26. The van der Waals surface area contributed by atoms with Gasteiger partial charge >= 0.3 is 0 Å². The summed E-state index contributed by atoms with van der Waals surface area (Å²) in [4.78, 5) is 10.5. The minimum atomic E-state index is -0.926. The van der Waals surface area contributed by atoms with Crippen LogP contribution in [0.1, 0.15) is 86.8 Å². The third-order valence-electron chi connectivity index (χ3n) is 7.95. The molecule has 0 amide bonds. The zero-order valence-electron chi connectivity index (χ0n) is 23.2. The number of aryl methyl sites for hydroxylation is 2. The van der Waals surface area contributed by atoms with E-state index >= 15 is 0 Å². The second kappa shape index (κ2) is 12.3. The van der Waals surface area contributed by atoms with Crippen LogP contribution in [0.4, 0.5) is 0 Å². The van der Waals surface area contributed by atoms with Crippen molar-refractivity contribution in [3.05, 3.63) is 94.0 Å². The molecule has 0 spiro atoms. The Morgan fingerprint density at radius 1 is 0.811 bits per heavy atom. The van der Waals surface area contributed by atoms with Crippen molar-refractivity contribution in [2.24, 2.45) is 0 Å². The molecular weight excluding hydrogens is 456 g/mol. The van der Waals surface area contributed by atoms with E-state index in [9.17, 15) is 9.90 Å². The van der Waals surface area contributed by atoms with Crippen LogP contribution < -0.4 is 0 Å². The molecule has 0 aliphatic carbocycles. The second-order valence-corrected chi connectivity index (χ2v) is 9.94. The lowest BCUT2D eigenvalue weighted by atomic mass is 9.69. The summed E-state index contributed by atoms with van der Waals surface area (Å²) >= 11 is 0. The maximum atomic E-state index is 10.6. The molecular formula is C34H40O3. The van der Waals surface area contributed by atoms with E-state index in [4.69, 9.17) is 4.74 Å². The van der Waals surface area contributed by atoms with Gasteiger partial charge in [0, 0.05) is 11.0 Å². The maximum Gasteiger partial charge on any atom is 0.293 e. The van der Waals surface area contributed by atoms with E-state index < -0.39 is 5.60 Å². The van der Waals surface area contributed by atoms with Crippen LogP contribution in [-0.2, 0) is 21.6 Å². The zero-order valence-corrected chi connectivity index (χ0v) is 23.2. The number of rotatable bonds is 10. The van der Waals surface area contributed by atoms with Gasteiger partial charge in [-0.05, 0) is 84.5 Å². The van der Waals surface area contributed by atoms with E-state index in [1.165, 1.54) is 22.3 Å². The van der Waals surface area contributed by atoms with Crippen LogP contribution in [-0.4, -0.2) is 17.2 Å². The van der Waals surface area contributed by atoms with Gasteiger partial charge in [-0.15, -0.1) is 0 Å². The number of aliphatic hydroxyl groups is 1. The van der Waals surface area contributed by atoms with Crippen LogP contribution in [0.15, 0.2) is 60.7 Å². The van der Waals surface area contributed by atoms with Crippen molar-refractivity contribution in [1.29, 1.82) is 0 Å². The lowest BCUT2D eigenvalue weighted by Crippen LogP contribution is -2.26. The van der Waals surface area contributed by atoms with E-state index in [0.29, 0.717) is 25.9 Å². The van der Waals surface area contributed by atoms with Gasteiger partial charge in [0.1, 0.15) is 12.2 Å². The molecule has 3 nitrogen and oxygen atoms in total. The van der Waals surface area contributed by atoms with Gasteiger partial charge in [0.15, 0.2) is 0 Å². The van der Waals surface area contributed by atoms with Crippen molar-refractivity contribution < 1.29 is 14.6 Å². The largest absolute Gasteiger partial charge is 0.463 e. The zero-order chi connectivity index (χ0) is 27.1. The molecule has 0 fully saturated rings. The Labute approximate surface area is 222 Å². The van der Waals surface area contributed by atoms with E-state index in [2.05, 4.69) is 88.1 Å². The lowest BCUT2D eigenvalue weighted by molar-refractivity contribution is -0.129. The fourth-order valence-corrected chi connectivity index (χ4v) is 5.14. The summed E-state index contributed by atoms with van der Waals surface area (Å²) < 4.78 is 4.86. The summed E-state index contributed by atoms with van der Waals surface area (Å²) in [6.45, 7) is 13.5. The predicted molar refractivity (Wildman–Crippen MR) is 152 cm³/mol. The number of carbonyl (C=O) groups is 1. The number of ether oxygens (including phenoxy) is 1. The Kier molecular flexibility index (Phi) is 9.35. The van der Waals surface area contributed by atoms with Gasteiger partial charge in [0.25, 0.3) is 6.47 Å². The molecule has 1 N–H and O–H groups in total. The second-order valence-electron chi connectivity index (χ2n) is 9.94. The normalized spacial score (nSPS) is 11.5. The first-order valence-corrected chi connectivity index (χ1v) is 13.4. The Morgan fingerprint density at radius 2 is 1.41 bits per heavy atom. The molecule has 0 radical (unpaired) electrons. The topological polar surface area (TPSA) is 46.5 Å².